The van der Waals surface area contributed by atoms with E-state index < -0.39 is 6.10 Å². The molecule has 0 aliphatic heterocycles. The Morgan fingerprint density at radius 2 is 2.06 bits per heavy atom. The van der Waals surface area contributed by atoms with Crippen molar-refractivity contribution in [1.29, 1.82) is 0 Å². The summed E-state index contributed by atoms with van der Waals surface area (Å²) in [5, 5.41) is 13.1. The van der Waals surface area contributed by atoms with E-state index in [1.165, 1.54) is 12.8 Å². The minimum atomic E-state index is -0.420. The van der Waals surface area contributed by atoms with Gasteiger partial charge in [-0.25, -0.2) is 0 Å². The molecule has 1 aromatic rings. The Hall–Kier alpha value is -0.900. The van der Waals surface area contributed by atoms with Crippen LogP contribution in [0.15, 0.2) is 30.3 Å². The molecule has 2 rings (SSSR count). The number of ether oxygens (including phenoxy) is 1. The maximum Gasteiger partial charge on any atom is 0.0898 e. The second-order valence-corrected chi connectivity index (χ2v) is 5.10. The summed E-state index contributed by atoms with van der Waals surface area (Å²) in [6.07, 6.45) is 2.01. The molecule has 3 heteroatoms. The first-order valence-corrected chi connectivity index (χ1v) is 6.23. The summed E-state index contributed by atoms with van der Waals surface area (Å²) in [6, 6.07) is 10.0. The Bertz CT molecular complexity index is 335. The molecule has 1 atom stereocenters. The van der Waals surface area contributed by atoms with E-state index in [4.69, 9.17) is 4.74 Å². The lowest BCUT2D eigenvalue weighted by molar-refractivity contribution is 0.0274. The zero-order chi connectivity index (χ0) is 12.1. The van der Waals surface area contributed by atoms with E-state index in [9.17, 15) is 5.11 Å². The molecule has 0 spiro atoms. The highest BCUT2D eigenvalue weighted by molar-refractivity contribution is 5.13. The monoisotopic (exact) mass is 235 g/mol. The molecular weight excluding hydrogens is 214 g/mol. The number of aliphatic hydroxyl groups excluding tert-OH is 1. The second-order valence-electron chi connectivity index (χ2n) is 5.10. The lowest BCUT2D eigenvalue weighted by Gasteiger charge is -2.16. The van der Waals surface area contributed by atoms with Gasteiger partial charge in [-0.3, -0.25) is 0 Å². The third-order valence-electron chi connectivity index (χ3n) is 3.19. The summed E-state index contributed by atoms with van der Waals surface area (Å²) in [5.41, 5.74) is 1.42. The van der Waals surface area contributed by atoms with Crippen LogP contribution in [-0.2, 0) is 11.3 Å². The Morgan fingerprint density at radius 3 is 2.71 bits per heavy atom. The Labute approximate surface area is 103 Å². The summed E-state index contributed by atoms with van der Waals surface area (Å²) in [7, 11) is 0. The van der Waals surface area contributed by atoms with Crippen LogP contribution in [0.2, 0.25) is 0 Å². The molecule has 1 unspecified atom stereocenters. The van der Waals surface area contributed by atoms with E-state index >= 15 is 0 Å². The van der Waals surface area contributed by atoms with Crippen LogP contribution in [0.1, 0.15) is 25.3 Å². The van der Waals surface area contributed by atoms with Crippen LogP contribution in [-0.4, -0.2) is 29.9 Å². The minimum Gasteiger partial charge on any atom is -0.389 e. The molecule has 1 aromatic carbocycles. The number of rotatable bonds is 7. The number of nitrogens with one attached hydrogen (secondary N) is 1. The van der Waals surface area contributed by atoms with Crippen molar-refractivity contribution in [1.82, 2.24) is 5.32 Å². The van der Waals surface area contributed by atoms with Gasteiger partial charge < -0.3 is 15.2 Å². The number of benzene rings is 1. The van der Waals surface area contributed by atoms with Crippen molar-refractivity contribution in [3.05, 3.63) is 35.9 Å². The van der Waals surface area contributed by atoms with E-state index in [2.05, 4.69) is 12.2 Å². The van der Waals surface area contributed by atoms with Crippen molar-refractivity contribution in [2.75, 3.05) is 13.2 Å². The molecule has 2 N–H and O–H groups in total. The van der Waals surface area contributed by atoms with Gasteiger partial charge in [-0.2, -0.15) is 0 Å². The van der Waals surface area contributed by atoms with Crippen molar-refractivity contribution >= 4 is 0 Å². The molecule has 94 valence electrons. The maximum atomic E-state index is 9.73. The number of aliphatic hydroxyl groups is 1. The zero-order valence-electron chi connectivity index (χ0n) is 10.4. The largest absolute Gasteiger partial charge is 0.389 e. The highest BCUT2D eigenvalue weighted by Gasteiger charge is 2.36. The van der Waals surface area contributed by atoms with Gasteiger partial charge in [0.25, 0.3) is 0 Å². The molecule has 1 fully saturated rings. The van der Waals surface area contributed by atoms with E-state index in [1.807, 2.05) is 30.3 Å². The predicted octanol–water partition coefficient (Wildman–Crippen LogP) is 1.71. The summed E-state index contributed by atoms with van der Waals surface area (Å²) >= 11 is 0. The summed E-state index contributed by atoms with van der Waals surface area (Å²) in [4.78, 5) is 0. The minimum absolute atomic E-state index is 0.278. The van der Waals surface area contributed by atoms with E-state index in [0.29, 0.717) is 19.8 Å². The maximum absolute atomic E-state index is 9.73. The van der Waals surface area contributed by atoms with Crippen LogP contribution in [0.4, 0.5) is 0 Å². The number of hydrogen-bond donors (Lipinski definition) is 2. The van der Waals surface area contributed by atoms with Crippen LogP contribution in [0, 0.1) is 0 Å². The standard InChI is InChI=1S/C14H21NO2/c1-14(7-8-14)15-9-13(16)11-17-10-12-5-3-2-4-6-12/h2-6,13,15-16H,7-11H2,1H3. The Kier molecular flexibility index (Phi) is 4.15. The van der Waals surface area contributed by atoms with Crippen molar-refractivity contribution in [2.24, 2.45) is 0 Å². The van der Waals surface area contributed by atoms with Gasteiger partial charge in [0.05, 0.1) is 19.3 Å². The first-order valence-electron chi connectivity index (χ1n) is 6.23. The zero-order valence-corrected chi connectivity index (χ0v) is 10.4. The van der Waals surface area contributed by atoms with Gasteiger partial charge in [0, 0.05) is 12.1 Å². The molecular formula is C14H21NO2. The summed E-state index contributed by atoms with van der Waals surface area (Å²) in [6.45, 7) is 3.75. The fourth-order valence-electron chi connectivity index (χ4n) is 1.67. The fourth-order valence-corrected chi connectivity index (χ4v) is 1.67. The van der Waals surface area contributed by atoms with Crippen LogP contribution in [0.3, 0.4) is 0 Å². The smallest absolute Gasteiger partial charge is 0.0898 e. The van der Waals surface area contributed by atoms with Gasteiger partial charge >= 0.3 is 0 Å². The number of β-amino-alcohol motifs (C(OH)–C–C–N with tert-alkyl or cyclic N) is 1. The molecule has 1 aliphatic carbocycles. The first-order chi connectivity index (χ1) is 8.18. The normalized spacial score (nSPS) is 18.9. The topological polar surface area (TPSA) is 41.5 Å². The molecule has 0 aromatic heterocycles. The lowest BCUT2D eigenvalue weighted by Crippen LogP contribution is -2.37. The second kappa shape index (κ2) is 5.63. The highest BCUT2D eigenvalue weighted by atomic mass is 16.5. The van der Waals surface area contributed by atoms with Gasteiger partial charge in [-0.05, 0) is 25.3 Å². The molecule has 0 bridgehead atoms. The van der Waals surface area contributed by atoms with Crippen molar-refractivity contribution in [3.8, 4) is 0 Å². The SMILES string of the molecule is CC1(NCC(O)COCc2ccccc2)CC1. The molecule has 17 heavy (non-hydrogen) atoms. The molecule has 0 radical (unpaired) electrons. The van der Waals surface area contributed by atoms with Gasteiger partial charge in [-0.1, -0.05) is 30.3 Å². The van der Waals surface area contributed by atoms with Gasteiger partial charge in [-0.15, -0.1) is 0 Å². The molecule has 0 amide bonds. The first kappa shape index (κ1) is 12.6. The van der Waals surface area contributed by atoms with E-state index in [-0.39, 0.29) is 5.54 Å². The molecule has 0 heterocycles. The Morgan fingerprint density at radius 1 is 1.35 bits per heavy atom. The summed E-state index contributed by atoms with van der Waals surface area (Å²) < 4.78 is 5.48. The van der Waals surface area contributed by atoms with Crippen molar-refractivity contribution in [2.45, 2.75) is 38.0 Å². The summed E-state index contributed by atoms with van der Waals surface area (Å²) in [5.74, 6) is 0. The molecule has 1 aliphatic rings. The molecule has 1 saturated carbocycles. The number of hydrogen-bond acceptors (Lipinski definition) is 3. The van der Waals surface area contributed by atoms with Gasteiger partial charge in [0.15, 0.2) is 0 Å². The molecule has 0 saturated heterocycles. The van der Waals surface area contributed by atoms with Crippen LogP contribution in [0.5, 0.6) is 0 Å². The van der Waals surface area contributed by atoms with Crippen LogP contribution in [0.25, 0.3) is 0 Å². The van der Waals surface area contributed by atoms with E-state index in [0.717, 1.165) is 5.56 Å². The molecule has 3 nitrogen and oxygen atoms in total. The Balaban J connectivity index is 1.58. The fraction of sp³-hybridized carbons (Fsp3) is 0.571. The lowest BCUT2D eigenvalue weighted by atomic mass is 10.2. The van der Waals surface area contributed by atoms with E-state index in [1.54, 1.807) is 0 Å². The quantitative estimate of drug-likeness (QED) is 0.756. The van der Waals surface area contributed by atoms with Crippen LogP contribution < -0.4 is 5.32 Å². The average Bonchev–Trinajstić information content (AvgIpc) is 3.07. The van der Waals surface area contributed by atoms with Crippen molar-refractivity contribution < 1.29 is 9.84 Å². The van der Waals surface area contributed by atoms with Crippen LogP contribution >= 0.6 is 0 Å². The third kappa shape index (κ3) is 4.46. The predicted molar refractivity (Wildman–Crippen MR) is 67.7 cm³/mol. The van der Waals surface area contributed by atoms with Gasteiger partial charge in [0.2, 0.25) is 0 Å². The third-order valence-corrected chi connectivity index (χ3v) is 3.19. The highest BCUT2D eigenvalue weighted by Crippen LogP contribution is 2.33. The van der Waals surface area contributed by atoms with Crippen molar-refractivity contribution in [3.63, 3.8) is 0 Å². The average molecular weight is 235 g/mol. The van der Waals surface area contributed by atoms with Gasteiger partial charge in [0.1, 0.15) is 0 Å².